The van der Waals surface area contributed by atoms with E-state index in [0.717, 1.165) is 11.1 Å². The summed E-state index contributed by atoms with van der Waals surface area (Å²) in [7, 11) is 1.60. The molecular weight excluding hydrogens is 218 g/mol. The first-order valence-electron chi connectivity index (χ1n) is 5.61. The lowest BCUT2D eigenvalue weighted by Crippen LogP contribution is -2.34. The van der Waals surface area contributed by atoms with Gasteiger partial charge in [0.05, 0.1) is 6.61 Å². The minimum Gasteiger partial charge on any atom is -0.480 e. The molecule has 0 fully saturated rings. The van der Waals surface area contributed by atoms with E-state index in [1.807, 2.05) is 38.1 Å². The SMILES string of the molecule is COCc1ccccc1C(NC(C)C)C(=O)O. The molecule has 0 bridgehead atoms. The van der Waals surface area contributed by atoms with Crippen LogP contribution in [0.5, 0.6) is 0 Å². The summed E-state index contributed by atoms with van der Waals surface area (Å²) in [5.74, 6) is -0.873. The van der Waals surface area contributed by atoms with E-state index in [1.165, 1.54) is 0 Å². The van der Waals surface area contributed by atoms with Crippen LogP contribution in [0.3, 0.4) is 0 Å². The van der Waals surface area contributed by atoms with Gasteiger partial charge < -0.3 is 9.84 Å². The second kappa shape index (κ2) is 6.37. The van der Waals surface area contributed by atoms with Gasteiger partial charge in [0.2, 0.25) is 0 Å². The first kappa shape index (κ1) is 13.7. The van der Waals surface area contributed by atoms with Crippen molar-refractivity contribution in [2.45, 2.75) is 32.5 Å². The Morgan fingerprint density at radius 3 is 2.59 bits per heavy atom. The Labute approximate surface area is 102 Å². The van der Waals surface area contributed by atoms with Crippen molar-refractivity contribution in [2.75, 3.05) is 7.11 Å². The molecule has 0 radical (unpaired) electrons. The number of benzene rings is 1. The molecule has 0 heterocycles. The number of hydrogen-bond acceptors (Lipinski definition) is 3. The summed E-state index contributed by atoms with van der Waals surface area (Å²) in [6, 6.07) is 6.84. The molecule has 0 saturated carbocycles. The lowest BCUT2D eigenvalue weighted by Gasteiger charge is -2.20. The smallest absolute Gasteiger partial charge is 0.325 e. The highest BCUT2D eigenvalue weighted by molar-refractivity contribution is 5.76. The summed E-state index contributed by atoms with van der Waals surface area (Å²) in [5.41, 5.74) is 1.66. The molecule has 0 aromatic heterocycles. The van der Waals surface area contributed by atoms with Crippen LogP contribution in [0.25, 0.3) is 0 Å². The molecule has 4 heteroatoms. The molecule has 0 saturated heterocycles. The number of ether oxygens (including phenoxy) is 1. The highest BCUT2D eigenvalue weighted by Crippen LogP contribution is 2.19. The third kappa shape index (κ3) is 3.84. The number of rotatable bonds is 6. The molecule has 1 aromatic carbocycles. The Morgan fingerprint density at radius 2 is 2.06 bits per heavy atom. The van der Waals surface area contributed by atoms with Crippen LogP contribution in [0.1, 0.15) is 31.0 Å². The van der Waals surface area contributed by atoms with Crippen LogP contribution < -0.4 is 5.32 Å². The quantitative estimate of drug-likeness (QED) is 0.794. The van der Waals surface area contributed by atoms with Crippen molar-refractivity contribution in [3.63, 3.8) is 0 Å². The predicted molar refractivity (Wildman–Crippen MR) is 65.8 cm³/mol. The Hall–Kier alpha value is -1.39. The van der Waals surface area contributed by atoms with Crippen LogP contribution >= 0.6 is 0 Å². The molecule has 1 unspecified atom stereocenters. The third-order valence-electron chi connectivity index (χ3n) is 2.41. The van der Waals surface area contributed by atoms with Gasteiger partial charge in [-0.3, -0.25) is 10.1 Å². The average molecular weight is 237 g/mol. The van der Waals surface area contributed by atoms with Crippen LogP contribution in [0.15, 0.2) is 24.3 Å². The molecule has 1 aromatic rings. The highest BCUT2D eigenvalue weighted by Gasteiger charge is 2.22. The molecular formula is C13H19NO3. The molecule has 0 aliphatic rings. The van der Waals surface area contributed by atoms with E-state index in [9.17, 15) is 9.90 Å². The second-order valence-electron chi connectivity index (χ2n) is 4.22. The highest BCUT2D eigenvalue weighted by atomic mass is 16.5. The average Bonchev–Trinajstić information content (AvgIpc) is 2.27. The topological polar surface area (TPSA) is 58.6 Å². The summed E-state index contributed by atoms with van der Waals surface area (Å²) in [6.07, 6.45) is 0. The fraction of sp³-hybridized carbons (Fsp3) is 0.462. The number of hydrogen-bond donors (Lipinski definition) is 2. The number of methoxy groups -OCH3 is 1. The molecule has 0 amide bonds. The molecule has 2 N–H and O–H groups in total. The fourth-order valence-electron chi connectivity index (χ4n) is 1.73. The normalized spacial score (nSPS) is 12.7. The number of carboxylic acid groups (broad SMARTS) is 1. The monoisotopic (exact) mass is 237 g/mol. The van der Waals surface area contributed by atoms with Gasteiger partial charge in [0.15, 0.2) is 0 Å². The molecule has 4 nitrogen and oxygen atoms in total. The Morgan fingerprint density at radius 1 is 1.41 bits per heavy atom. The number of nitrogens with one attached hydrogen (secondary N) is 1. The zero-order chi connectivity index (χ0) is 12.8. The van der Waals surface area contributed by atoms with Gasteiger partial charge in [0, 0.05) is 13.2 Å². The summed E-state index contributed by atoms with van der Waals surface area (Å²) in [6.45, 7) is 4.27. The van der Waals surface area contributed by atoms with E-state index >= 15 is 0 Å². The Bertz CT molecular complexity index is 377. The second-order valence-corrected chi connectivity index (χ2v) is 4.22. The van der Waals surface area contributed by atoms with Gasteiger partial charge in [-0.05, 0) is 25.0 Å². The molecule has 94 valence electrons. The van der Waals surface area contributed by atoms with Crippen molar-refractivity contribution in [3.05, 3.63) is 35.4 Å². The zero-order valence-corrected chi connectivity index (χ0v) is 10.4. The van der Waals surface area contributed by atoms with E-state index in [-0.39, 0.29) is 6.04 Å². The van der Waals surface area contributed by atoms with Crippen molar-refractivity contribution in [1.29, 1.82) is 0 Å². The summed E-state index contributed by atoms with van der Waals surface area (Å²) >= 11 is 0. The van der Waals surface area contributed by atoms with Crippen molar-refractivity contribution < 1.29 is 14.6 Å². The minimum atomic E-state index is -0.873. The van der Waals surface area contributed by atoms with Gasteiger partial charge in [-0.15, -0.1) is 0 Å². The van der Waals surface area contributed by atoms with E-state index in [0.29, 0.717) is 6.61 Å². The summed E-state index contributed by atoms with van der Waals surface area (Å²) in [5, 5.41) is 12.3. The maximum Gasteiger partial charge on any atom is 0.325 e. The Balaban J connectivity index is 3.04. The largest absolute Gasteiger partial charge is 0.480 e. The third-order valence-corrected chi connectivity index (χ3v) is 2.41. The van der Waals surface area contributed by atoms with E-state index in [2.05, 4.69) is 5.32 Å². The number of carbonyl (C=O) groups is 1. The van der Waals surface area contributed by atoms with Crippen LogP contribution in [-0.4, -0.2) is 24.2 Å². The lowest BCUT2D eigenvalue weighted by atomic mass is 10.00. The van der Waals surface area contributed by atoms with Crippen LogP contribution in [-0.2, 0) is 16.1 Å². The van der Waals surface area contributed by atoms with Crippen LogP contribution in [0, 0.1) is 0 Å². The maximum atomic E-state index is 11.3. The molecule has 0 aliphatic heterocycles. The van der Waals surface area contributed by atoms with E-state index in [4.69, 9.17) is 4.74 Å². The lowest BCUT2D eigenvalue weighted by molar-refractivity contribution is -0.139. The van der Waals surface area contributed by atoms with Gasteiger partial charge >= 0.3 is 5.97 Å². The van der Waals surface area contributed by atoms with Crippen LogP contribution in [0.4, 0.5) is 0 Å². The first-order chi connectivity index (χ1) is 8.06. The van der Waals surface area contributed by atoms with Gasteiger partial charge in [-0.1, -0.05) is 24.3 Å². The van der Waals surface area contributed by atoms with Crippen molar-refractivity contribution in [1.82, 2.24) is 5.32 Å². The zero-order valence-electron chi connectivity index (χ0n) is 10.4. The van der Waals surface area contributed by atoms with Crippen molar-refractivity contribution >= 4 is 5.97 Å². The number of aliphatic carboxylic acids is 1. The molecule has 17 heavy (non-hydrogen) atoms. The van der Waals surface area contributed by atoms with E-state index in [1.54, 1.807) is 7.11 Å². The molecule has 0 aliphatic carbocycles. The summed E-state index contributed by atoms with van der Waals surface area (Å²) < 4.78 is 5.08. The minimum absolute atomic E-state index is 0.103. The molecule has 1 rings (SSSR count). The van der Waals surface area contributed by atoms with Crippen molar-refractivity contribution in [3.8, 4) is 0 Å². The van der Waals surface area contributed by atoms with Gasteiger partial charge in [0.25, 0.3) is 0 Å². The summed E-state index contributed by atoms with van der Waals surface area (Å²) in [4.78, 5) is 11.3. The van der Waals surface area contributed by atoms with Gasteiger partial charge in [-0.2, -0.15) is 0 Å². The van der Waals surface area contributed by atoms with Gasteiger partial charge in [-0.25, -0.2) is 0 Å². The maximum absolute atomic E-state index is 11.3. The fourth-order valence-corrected chi connectivity index (χ4v) is 1.73. The number of carboxylic acids is 1. The first-order valence-corrected chi connectivity index (χ1v) is 5.61. The van der Waals surface area contributed by atoms with Gasteiger partial charge in [0.1, 0.15) is 6.04 Å². The van der Waals surface area contributed by atoms with Crippen molar-refractivity contribution in [2.24, 2.45) is 0 Å². The van der Waals surface area contributed by atoms with Crippen LogP contribution in [0.2, 0.25) is 0 Å². The van der Waals surface area contributed by atoms with E-state index < -0.39 is 12.0 Å². The molecule has 0 spiro atoms. The Kier molecular flexibility index (Phi) is 5.12. The predicted octanol–water partition coefficient (Wildman–Crippen LogP) is 1.96. The molecule has 1 atom stereocenters. The standard InChI is InChI=1S/C13H19NO3/c1-9(2)14-12(13(15)16)11-7-5-4-6-10(11)8-17-3/h4-7,9,12,14H,8H2,1-3H3,(H,15,16).